The van der Waals surface area contributed by atoms with E-state index in [1.807, 2.05) is 0 Å². The molecule has 0 aliphatic heterocycles. The highest BCUT2D eigenvalue weighted by Gasteiger charge is 2.15. The highest BCUT2D eigenvalue weighted by Crippen LogP contribution is 2.26. The molecule has 0 unspecified atom stereocenters. The van der Waals surface area contributed by atoms with Gasteiger partial charge in [0.25, 0.3) is 5.91 Å². The lowest BCUT2D eigenvalue weighted by Crippen LogP contribution is -2.17. The summed E-state index contributed by atoms with van der Waals surface area (Å²) >= 11 is 9.15. The number of carbonyl (C=O) groups excluding carboxylic acids is 1. The van der Waals surface area contributed by atoms with E-state index in [1.54, 1.807) is 25.2 Å². The molecule has 0 bridgehead atoms. The molecule has 18 heavy (non-hydrogen) atoms. The summed E-state index contributed by atoms with van der Waals surface area (Å²) in [5, 5.41) is 7.23. The summed E-state index contributed by atoms with van der Waals surface area (Å²) in [4.78, 5) is 12.0. The molecule has 1 aromatic carbocycles. The van der Waals surface area contributed by atoms with Gasteiger partial charge in [-0.1, -0.05) is 11.6 Å². The van der Waals surface area contributed by atoms with E-state index in [-0.39, 0.29) is 5.91 Å². The van der Waals surface area contributed by atoms with Crippen molar-refractivity contribution in [2.75, 3.05) is 11.1 Å². The van der Waals surface area contributed by atoms with E-state index in [1.165, 1.54) is 10.9 Å². The normalized spacial score (nSPS) is 10.4. The van der Waals surface area contributed by atoms with Crippen LogP contribution in [0.3, 0.4) is 0 Å². The van der Waals surface area contributed by atoms with Gasteiger partial charge in [0.2, 0.25) is 0 Å². The molecule has 0 fully saturated rings. The Morgan fingerprint density at radius 3 is 2.83 bits per heavy atom. The lowest BCUT2D eigenvalue weighted by Gasteiger charge is -2.08. The molecule has 94 valence electrons. The maximum absolute atomic E-state index is 12.0. The summed E-state index contributed by atoms with van der Waals surface area (Å²) in [5.74, 6) is -0.324. The zero-order valence-corrected chi connectivity index (χ0v) is 11.8. The quantitative estimate of drug-likeness (QED) is 0.889. The fourth-order valence-electron chi connectivity index (χ4n) is 1.50. The van der Waals surface area contributed by atoms with Crippen molar-refractivity contribution >= 4 is 44.8 Å². The molecule has 0 aliphatic carbocycles. The first-order chi connectivity index (χ1) is 8.49. The van der Waals surface area contributed by atoms with Gasteiger partial charge in [0.15, 0.2) is 0 Å². The first kappa shape index (κ1) is 12.9. The van der Waals surface area contributed by atoms with Crippen LogP contribution in [0.4, 0.5) is 11.4 Å². The number of hydrogen-bond acceptors (Lipinski definition) is 3. The van der Waals surface area contributed by atoms with E-state index in [2.05, 4.69) is 26.3 Å². The SMILES string of the molecule is Cn1ncc(N)c1C(=O)Nc1ccc(Cl)cc1Br. The number of nitrogen functional groups attached to an aromatic ring is 1. The Bertz CT molecular complexity index is 592. The van der Waals surface area contributed by atoms with Gasteiger partial charge in [0, 0.05) is 16.5 Å². The minimum atomic E-state index is -0.324. The van der Waals surface area contributed by atoms with E-state index >= 15 is 0 Å². The second kappa shape index (κ2) is 4.99. The van der Waals surface area contributed by atoms with Crippen molar-refractivity contribution in [3.63, 3.8) is 0 Å². The van der Waals surface area contributed by atoms with Gasteiger partial charge in [-0.15, -0.1) is 0 Å². The minimum Gasteiger partial charge on any atom is -0.396 e. The first-order valence-corrected chi connectivity index (χ1v) is 6.20. The molecular weight excluding hydrogens is 320 g/mol. The fraction of sp³-hybridized carbons (Fsp3) is 0.0909. The van der Waals surface area contributed by atoms with Crippen molar-refractivity contribution < 1.29 is 4.79 Å². The lowest BCUT2D eigenvalue weighted by molar-refractivity contribution is 0.101. The van der Waals surface area contributed by atoms with Crippen LogP contribution >= 0.6 is 27.5 Å². The molecule has 0 radical (unpaired) electrons. The predicted octanol–water partition coefficient (Wildman–Crippen LogP) is 2.67. The Kier molecular flexibility index (Phi) is 3.58. The summed E-state index contributed by atoms with van der Waals surface area (Å²) in [6.45, 7) is 0. The van der Waals surface area contributed by atoms with E-state index in [4.69, 9.17) is 17.3 Å². The summed E-state index contributed by atoms with van der Waals surface area (Å²) in [6.07, 6.45) is 1.44. The van der Waals surface area contributed by atoms with Crippen molar-refractivity contribution in [2.24, 2.45) is 7.05 Å². The summed E-state index contributed by atoms with van der Waals surface area (Å²) in [7, 11) is 1.65. The monoisotopic (exact) mass is 328 g/mol. The van der Waals surface area contributed by atoms with Gasteiger partial charge in [0.05, 0.1) is 17.6 Å². The molecule has 1 aromatic heterocycles. The number of halogens is 2. The number of aromatic nitrogens is 2. The van der Waals surface area contributed by atoms with Crippen molar-refractivity contribution in [2.45, 2.75) is 0 Å². The highest BCUT2D eigenvalue weighted by atomic mass is 79.9. The number of nitrogens with one attached hydrogen (secondary N) is 1. The molecule has 0 saturated heterocycles. The maximum atomic E-state index is 12.0. The van der Waals surface area contributed by atoms with Crippen LogP contribution in [0.15, 0.2) is 28.9 Å². The molecule has 0 aliphatic rings. The molecule has 1 heterocycles. The third kappa shape index (κ3) is 2.49. The van der Waals surface area contributed by atoms with Gasteiger partial charge in [-0.2, -0.15) is 5.10 Å². The molecule has 1 amide bonds. The summed E-state index contributed by atoms with van der Waals surface area (Å²) in [6, 6.07) is 5.09. The van der Waals surface area contributed by atoms with Gasteiger partial charge in [-0.05, 0) is 34.1 Å². The zero-order chi connectivity index (χ0) is 13.3. The fourth-order valence-corrected chi connectivity index (χ4v) is 2.29. The lowest BCUT2D eigenvalue weighted by atomic mass is 10.3. The van der Waals surface area contributed by atoms with Gasteiger partial charge >= 0.3 is 0 Å². The van der Waals surface area contributed by atoms with Crippen LogP contribution in [0.1, 0.15) is 10.5 Å². The number of hydrogen-bond donors (Lipinski definition) is 2. The molecule has 2 rings (SSSR count). The van der Waals surface area contributed by atoms with Gasteiger partial charge < -0.3 is 11.1 Å². The van der Waals surface area contributed by atoms with Gasteiger partial charge in [0.1, 0.15) is 5.69 Å². The van der Waals surface area contributed by atoms with Crippen molar-refractivity contribution in [3.05, 3.63) is 39.6 Å². The van der Waals surface area contributed by atoms with Crippen molar-refractivity contribution in [3.8, 4) is 0 Å². The number of aryl methyl sites for hydroxylation is 1. The number of amides is 1. The number of nitrogens with two attached hydrogens (primary N) is 1. The Labute approximate surface area is 117 Å². The average molecular weight is 330 g/mol. The Balaban J connectivity index is 2.27. The number of anilines is 2. The second-order valence-corrected chi connectivity index (χ2v) is 4.94. The Morgan fingerprint density at radius 2 is 2.28 bits per heavy atom. The molecule has 0 saturated carbocycles. The Hall–Kier alpha value is -1.53. The van der Waals surface area contributed by atoms with Crippen molar-refractivity contribution in [1.82, 2.24) is 9.78 Å². The van der Waals surface area contributed by atoms with E-state index < -0.39 is 0 Å². The second-order valence-electron chi connectivity index (χ2n) is 3.65. The van der Waals surface area contributed by atoms with E-state index in [9.17, 15) is 4.79 Å². The summed E-state index contributed by atoms with van der Waals surface area (Å²) < 4.78 is 2.12. The first-order valence-electron chi connectivity index (χ1n) is 5.03. The molecular formula is C11H10BrClN4O. The number of benzene rings is 1. The highest BCUT2D eigenvalue weighted by molar-refractivity contribution is 9.10. The molecule has 7 heteroatoms. The largest absolute Gasteiger partial charge is 0.396 e. The average Bonchev–Trinajstić information content (AvgIpc) is 2.62. The van der Waals surface area contributed by atoms with Crippen LogP contribution in [0.25, 0.3) is 0 Å². The van der Waals surface area contributed by atoms with Gasteiger partial charge in [-0.3, -0.25) is 9.48 Å². The summed E-state index contributed by atoms with van der Waals surface area (Å²) in [5.41, 5.74) is 6.95. The van der Waals surface area contributed by atoms with E-state index in [0.717, 1.165) is 0 Å². The Morgan fingerprint density at radius 1 is 1.56 bits per heavy atom. The number of rotatable bonds is 2. The zero-order valence-electron chi connectivity index (χ0n) is 9.45. The van der Waals surface area contributed by atoms with Crippen LogP contribution in [0.5, 0.6) is 0 Å². The number of nitrogens with zero attached hydrogens (tertiary/aromatic N) is 2. The number of carbonyl (C=O) groups is 1. The minimum absolute atomic E-state index is 0.317. The van der Waals surface area contributed by atoms with Gasteiger partial charge in [-0.25, -0.2) is 0 Å². The molecule has 0 spiro atoms. The van der Waals surface area contributed by atoms with Crippen LogP contribution in [0.2, 0.25) is 5.02 Å². The molecule has 0 atom stereocenters. The third-order valence-electron chi connectivity index (χ3n) is 2.36. The van der Waals surface area contributed by atoms with Crippen LogP contribution in [-0.4, -0.2) is 15.7 Å². The van der Waals surface area contributed by atoms with Crippen LogP contribution < -0.4 is 11.1 Å². The standard InChI is InChI=1S/C11H10BrClN4O/c1-17-10(8(14)5-15-17)11(18)16-9-3-2-6(13)4-7(9)12/h2-5H,14H2,1H3,(H,16,18). The molecule has 5 nitrogen and oxygen atoms in total. The van der Waals surface area contributed by atoms with Crippen molar-refractivity contribution in [1.29, 1.82) is 0 Å². The molecule has 3 N–H and O–H groups in total. The maximum Gasteiger partial charge on any atom is 0.276 e. The van der Waals surface area contributed by atoms with E-state index in [0.29, 0.717) is 26.6 Å². The van der Waals surface area contributed by atoms with Crippen LogP contribution in [0, 0.1) is 0 Å². The topological polar surface area (TPSA) is 72.9 Å². The predicted molar refractivity (Wildman–Crippen MR) is 74.7 cm³/mol. The molecule has 2 aromatic rings. The third-order valence-corrected chi connectivity index (χ3v) is 3.25. The smallest absolute Gasteiger partial charge is 0.276 e. The van der Waals surface area contributed by atoms with Crippen LogP contribution in [-0.2, 0) is 7.05 Å².